The van der Waals surface area contributed by atoms with Gasteiger partial charge in [0.15, 0.2) is 11.5 Å². The lowest BCUT2D eigenvalue weighted by Crippen LogP contribution is -2.07. The van der Waals surface area contributed by atoms with E-state index in [0.29, 0.717) is 42.1 Å². The highest BCUT2D eigenvalue weighted by molar-refractivity contribution is 7.13. The molecule has 0 amide bonds. The first-order chi connectivity index (χ1) is 13.2. The number of ether oxygens (including phenoxy) is 3. The standard InChI is InChI=1S/C19H23N3O4S/c1-4-9-26-16-8-7-14(10-17(16)24-5-2)12-20-22-19-21-15(13-27-19)11-18(23)25-6-3/h4,7-8,10,12-13H,1,5-6,9,11H2,2-3H3,(H,21,22). The van der Waals surface area contributed by atoms with Gasteiger partial charge in [-0.25, -0.2) is 4.98 Å². The molecule has 0 saturated carbocycles. The predicted octanol–water partition coefficient (Wildman–Crippen LogP) is 3.66. The molecule has 0 spiro atoms. The van der Waals surface area contributed by atoms with Crippen LogP contribution in [0, 0.1) is 0 Å². The van der Waals surface area contributed by atoms with E-state index in [-0.39, 0.29) is 12.4 Å². The van der Waals surface area contributed by atoms with E-state index in [1.807, 2.05) is 25.1 Å². The second kappa shape index (κ2) is 11.0. The first-order valence-electron chi connectivity index (χ1n) is 8.55. The number of rotatable bonds is 11. The van der Waals surface area contributed by atoms with E-state index in [0.717, 1.165) is 5.56 Å². The van der Waals surface area contributed by atoms with Crippen LogP contribution < -0.4 is 14.9 Å². The van der Waals surface area contributed by atoms with Gasteiger partial charge in [0.05, 0.1) is 31.5 Å². The minimum Gasteiger partial charge on any atom is -0.490 e. The summed E-state index contributed by atoms with van der Waals surface area (Å²) in [7, 11) is 0. The molecule has 0 atom stereocenters. The molecule has 0 radical (unpaired) electrons. The third-order valence-electron chi connectivity index (χ3n) is 3.18. The van der Waals surface area contributed by atoms with E-state index in [2.05, 4.69) is 22.1 Å². The Kier molecular flexibility index (Phi) is 8.31. The zero-order chi connectivity index (χ0) is 19.5. The van der Waals surface area contributed by atoms with Crippen molar-refractivity contribution in [1.82, 2.24) is 4.98 Å². The smallest absolute Gasteiger partial charge is 0.311 e. The van der Waals surface area contributed by atoms with E-state index in [9.17, 15) is 4.79 Å². The first kappa shape index (κ1) is 20.4. The van der Waals surface area contributed by atoms with Crippen LogP contribution in [0.4, 0.5) is 5.13 Å². The maximum absolute atomic E-state index is 11.5. The molecule has 8 heteroatoms. The van der Waals surface area contributed by atoms with E-state index < -0.39 is 0 Å². The van der Waals surface area contributed by atoms with Crippen LogP contribution in [0.3, 0.4) is 0 Å². The van der Waals surface area contributed by atoms with Crippen molar-refractivity contribution in [3.63, 3.8) is 0 Å². The summed E-state index contributed by atoms with van der Waals surface area (Å²) >= 11 is 1.37. The highest BCUT2D eigenvalue weighted by Crippen LogP contribution is 2.28. The number of hydrogen-bond donors (Lipinski definition) is 1. The van der Waals surface area contributed by atoms with Crippen molar-refractivity contribution in [3.8, 4) is 11.5 Å². The van der Waals surface area contributed by atoms with Crippen molar-refractivity contribution < 1.29 is 19.0 Å². The van der Waals surface area contributed by atoms with Gasteiger partial charge in [-0.05, 0) is 37.6 Å². The van der Waals surface area contributed by atoms with Crippen molar-refractivity contribution in [1.29, 1.82) is 0 Å². The SMILES string of the molecule is C=CCOc1ccc(C=NNc2nc(CC(=O)OCC)cs2)cc1OCC. The third kappa shape index (κ3) is 6.74. The van der Waals surface area contributed by atoms with Gasteiger partial charge in [0.1, 0.15) is 6.61 Å². The number of aromatic nitrogens is 1. The number of thiazole rings is 1. The summed E-state index contributed by atoms with van der Waals surface area (Å²) in [6.45, 7) is 8.63. The van der Waals surface area contributed by atoms with Crippen LogP contribution in [0.1, 0.15) is 25.1 Å². The molecule has 0 fully saturated rings. The lowest BCUT2D eigenvalue weighted by molar-refractivity contribution is -0.142. The van der Waals surface area contributed by atoms with Gasteiger partial charge in [-0.2, -0.15) is 5.10 Å². The zero-order valence-corrected chi connectivity index (χ0v) is 16.3. The molecule has 1 N–H and O–H groups in total. The molecule has 1 aromatic heterocycles. The Morgan fingerprint density at radius 1 is 1.30 bits per heavy atom. The molecule has 2 aromatic rings. The van der Waals surface area contributed by atoms with Crippen LogP contribution in [0.15, 0.2) is 41.3 Å². The number of anilines is 1. The molecule has 0 aliphatic heterocycles. The van der Waals surface area contributed by atoms with Crippen LogP contribution in [-0.2, 0) is 16.0 Å². The summed E-state index contributed by atoms with van der Waals surface area (Å²) < 4.78 is 16.1. The zero-order valence-electron chi connectivity index (χ0n) is 15.4. The molecular weight excluding hydrogens is 366 g/mol. The van der Waals surface area contributed by atoms with E-state index in [1.54, 1.807) is 24.6 Å². The van der Waals surface area contributed by atoms with Crippen LogP contribution in [0.25, 0.3) is 0 Å². The third-order valence-corrected chi connectivity index (χ3v) is 3.98. The summed E-state index contributed by atoms with van der Waals surface area (Å²) in [4.78, 5) is 15.8. The minimum atomic E-state index is -0.292. The highest BCUT2D eigenvalue weighted by Gasteiger charge is 2.08. The minimum absolute atomic E-state index is 0.152. The predicted molar refractivity (Wildman–Crippen MR) is 107 cm³/mol. The number of nitrogens with one attached hydrogen (secondary N) is 1. The number of nitrogens with zero attached hydrogens (tertiary/aromatic N) is 2. The molecule has 0 unspecified atom stereocenters. The number of esters is 1. The van der Waals surface area contributed by atoms with Crippen molar-refractivity contribution in [2.75, 3.05) is 25.2 Å². The molecule has 2 rings (SSSR count). The fourth-order valence-corrected chi connectivity index (χ4v) is 2.76. The van der Waals surface area contributed by atoms with Crippen molar-refractivity contribution in [2.45, 2.75) is 20.3 Å². The first-order valence-corrected chi connectivity index (χ1v) is 9.43. The summed E-state index contributed by atoms with van der Waals surface area (Å²) in [5.74, 6) is 1.01. The lowest BCUT2D eigenvalue weighted by atomic mass is 10.2. The molecule has 1 heterocycles. The molecule has 0 aliphatic carbocycles. The van der Waals surface area contributed by atoms with E-state index >= 15 is 0 Å². The largest absolute Gasteiger partial charge is 0.490 e. The van der Waals surface area contributed by atoms with Gasteiger partial charge in [-0.3, -0.25) is 10.2 Å². The monoisotopic (exact) mass is 389 g/mol. The Balaban J connectivity index is 1.97. The second-order valence-electron chi connectivity index (χ2n) is 5.23. The normalized spacial score (nSPS) is 10.6. The summed E-state index contributed by atoms with van der Waals surface area (Å²) in [5, 5.41) is 6.58. The second-order valence-corrected chi connectivity index (χ2v) is 6.09. The van der Waals surface area contributed by atoms with Crippen molar-refractivity contribution in [3.05, 3.63) is 47.5 Å². The molecule has 144 valence electrons. The molecular formula is C19H23N3O4S. The van der Waals surface area contributed by atoms with Crippen molar-refractivity contribution in [2.24, 2.45) is 5.10 Å². The van der Waals surface area contributed by atoms with Gasteiger partial charge in [0.25, 0.3) is 0 Å². The van der Waals surface area contributed by atoms with Gasteiger partial charge < -0.3 is 14.2 Å². The summed E-state index contributed by atoms with van der Waals surface area (Å²) in [6, 6.07) is 5.55. The Bertz CT molecular complexity index is 789. The fraction of sp³-hybridized carbons (Fsp3) is 0.316. The number of carbonyl (C=O) groups excluding carboxylic acids is 1. The van der Waals surface area contributed by atoms with E-state index in [4.69, 9.17) is 14.2 Å². The summed E-state index contributed by atoms with van der Waals surface area (Å²) in [6.07, 6.45) is 3.49. The maximum Gasteiger partial charge on any atom is 0.311 e. The number of hydrazone groups is 1. The molecule has 7 nitrogen and oxygen atoms in total. The Morgan fingerprint density at radius 2 is 2.15 bits per heavy atom. The topological polar surface area (TPSA) is 82.0 Å². The average Bonchev–Trinajstić information content (AvgIpc) is 3.08. The van der Waals surface area contributed by atoms with Gasteiger partial charge in [0.2, 0.25) is 5.13 Å². The van der Waals surface area contributed by atoms with Gasteiger partial charge >= 0.3 is 5.97 Å². The molecule has 0 saturated heterocycles. The number of benzene rings is 1. The fourth-order valence-electron chi connectivity index (χ4n) is 2.10. The molecule has 1 aromatic carbocycles. The number of hydrogen-bond acceptors (Lipinski definition) is 8. The van der Waals surface area contributed by atoms with Gasteiger partial charge in [-0.15, -0.1) is 11.3 Å². The van der Waals surface area contributed by atoms with Crippen LogP contribution in [-0.4, -0.2) is 37.0 Å². The number of carbonyl (C=O) groups is 1. The Hall–Kier alpha value is -2.87. The molecule has 27 heavy (non-hydrogen) atoms. The van der Waals surface area contributed by atoms with Crippen molar-refractivity contribution >= 4 is 28.7 Å². The Labute approximate surface area is 162 Å². The van der Waals surface area contributed by atoms with Gasteiger partial charge in [-0.1, -0.05) is 12.7 Å². The molecule has 0 aliphatic rings. The average molecular weight is 389 g/mol. The highest BCUT2D eigenvalue weighted by atomic mass is 32.1. The quantitative estimate of drug-likeness (QED) is 0.273. The van der Waals surface area contributed by atoms with E-state index in [1.165, 1.54) is 11.3 Å². The van der Waals surface area contributed by atoms with Gasteiger partial charge in [0, 0.05) is 5.38 Å². The van der Waals surface area contributed by atoms with Crippen LogP contribution in [0.2, 0.25) is 0 Å². The summed E-state index contributed by atoms with van der Waals surface area (Å²) in [5.41, 5.74) is 4.36. The Morgan fingerprint density at radius 3 is 2.89 bits per heavy atom. The maximum atomic E-state index is 11.5. The van der Waals surface area contributed by atoms with Crippen LogP contribution >= 0.6 is 11.3 Å². The molecule has 0 bridgehead atoms. The van der Waals surface area contributed by atoms with Crippen LogP contribution in [0.5, 0.6) is 11.5 Å². The lowest BCUT2D eigenvalue weighted by Gasteiger charge is -2.11.